The van der Waals surface area contributed by atoms with Gasteiger partial charge in [0.15, 0.2) is 5.78 Å². The van der Waals surface area contributed by atoms with E-state index in [0.29, 0.717) is 44.1 Å². The van der Waals surface area contributed by atoms with Crippen molar-refractivity contribution < 1.29 is 53.9 Å². The number of aliphatic hydroxyl groups excluding tert-OH is 3. The number of Topliss-reactive ketones (excluding diaryl/α,β-unsaturated/α-hetero) is 3. The largest absolute Gasteiger partial charge is 0.460 e. The highest BCUT2D eigenvalue weighted by Gasteiger charge is 2.53. The van der Waals surface area contributed by atoms with Gasteiger partial charge in [-0.05, 0) is 76.2 Å². The number of nitrogens with zero attached hydrogens (tertiary/aromatic N) is 1. The summed E-state index contributed by atoms with van der Waals surface area (Å²) >= 11 is 0. The molecule has 12 heteroatoms. The summed E-state index contributed by atoms with van der Waals surface area (Å²) in [5.41, 5.74) is 1.15. The smallest absolute Gasteiger partial charge is 0.329 e. The highest BCUT2D eigenvalue weighted by Crippen LogP contribution is 2.37. The van der Waals surface area contributed by atoms with E-state index >= 15 is 0 Å². The lowest BCUT2D eigenvalue weighted by atomic mass is 9.81. The Balaban J connectivity index is 1.98. The van der Waals surface area contributed by atoms with Crippen LogP contribution < -0.4 is 0 Å². The maximum absolute atomic E-state index is 13.9. The summed E-state index contributed by atoms with van der Waals surface area (Å²) in [5, 5.41) is 43.4. The van der Waals surface area contributed by atoms with Crippen molar-refractivity contribution in [3.8, 4) is 0 Å². The first-order valence-corrected chi connectivity index (χ1v) is 20.5. The van der Waals surface area contributed by atoms with Gasteiger partial charge in [0, 0.05) is 43.2 Å². The number of piperidine rings is 1. The molecule has 4 N–H and O–H groups in total. The van der Waals surface area contributed by atoms with Gasteiger partial charge in [-0.1, -0.05) is 83.6 Å². The number of fused-ring (bicyclic) bond motifs is 3. The van der Waals surface area contributed by atoms with E-state index in [-0.39, 0.29) is 55.3 Å². The molecule has 0 aromatic rings. The predicted molar refractivity (Wildman–Crippen MR) is 212 cm³/mol. The summed E-state index contributed by atoms with van der Waals surface area (Å²) in [6, 6.07) is -1.11. The van der Waals surface area contributed by atoms with Crippen molar-refractivity contribution in [2.24, 2.45) is 41.4 Å². The molecule has 3 aliphatic heterocycles. The molecule has 2 fully saturated rings. The fraction of sp³-hybridized carbons (Fsp3) is 0.705. The second-order valence-corrected chi connectivity index (χ2v) is 16.9. The van der Waals surface area contributed by atoms with Crippen LogP contribution in [0.2, 0.25) is 0 Å². The number of aliphatic hydroxyl groups is 4. The van der Waals surface area contributed by atoms with E-state index in [1.807, 2.05) is 44.2 Å². The minimum Gasteiger partial charge on any atom is -0.460 e. The van der Waals surface area contributed by atoms with Crippen LogP contribution in [0.1, 0.15) is 107 Å². The standard InChI is InChI=1S/C44H67NO11/c1-26(2)38-23-37(48)29(5)21-31(7)40(50)35(25-47)39(49)30(6)20-27(3)14-10-9-11-15-28(4)33(24-46)22-34-18-17-32(8)44(54,56-34)41(51)42(52)45-19-13-12-16-36(45)43(53)55-38/h9-11,14-15,21,26-27,30-36,38,40,46-47,50,54H,12-13,16-20,22-25H2,1-8H3/b11-9?,14-10?,28-15?,29-21+. The molecular formula is C44H67NO11. The van der Waals surface area contributed by atoms with Crippen molar-refractivity contribution in [2.75, 3.05) is 19.8 Å². The van der Waals surface area contributed by atoms with E-state index in [9.17, 15) is 44.4 Å². The number of esters is 1. The van der Waals surface area contributed by atoms with E-state index in [1.54, 1.807) is 47.6 Å². The Morgan fingerprint density at radius 3 is 2.25 bits per heavy atom. The van der Waals surface area contributed by atoms with Crippen LogP contribution >= 0.6 is 0 Å². The van der Waals surface area contributed by atoms with Crippen LogP contribution in [0, 0.1) is 41.4 Å². The number of carbonyl (C=O) groups excluding carboxylic acids is 5. The Bertz CT molecular complexity index is 1510. The number of cyclic esters (lactones) is 1. The van der Waals surface area contributed by atoms with Crippen LogP contribution in [0.4, 0.5) is 0 Å². The summed E-state index contributed by atoms with van der Waals surface area (Å²) in [4.78, 5) is 69.6. The molecule has 0 radical (unpaired) electrons. The van der Waals surface area contributed by atoms with Crippen molar-refractivity contribution in [2.45, 2.75) is 137 Å². The monoisotopic (exact) mass is 785 g/mol. The summed E-state index contributed by atoms with van der Waals surface area (Å²) in [6.45, 7) is 13.5. The molecule has 0 spiro atoms. The van der Waals surface area contributed by atoms with Crippen LogP contribution in [0.15, 0.2) is 47.6 Å². The minimum absolute atomic E-state index is 0.00140. The van der Waals surface area contributed by atoms with Gasteiger partial charge in [0.1, 0.15) is 17.9 Å². The molecule has 1 amide bonds. The SMILES string of the molecule is CC1=CC=CC=CC(C)CC(C)C(=O)C(CO)C(O)C(C)/C=C(\C)C(=O)CC(C(C)C)OC(=O)C2CCCCN2C(=O)C(=O)C2(O)OC(CCC2C)CC1CO. The van der Waals surface area contributed by atoms with E-state index in [2.05, 4.69) is 0 Å². The van der Waals surface area contributed by atoms with Crippen LogP contribution in [0.3, 0.4) is 0 Å². The molecule has 56 heavy (non-hydrogen) atoms. The molecule has 2 bridgehead atoms. The minimum atomic E-state index is -2.42. The predicted octanol–water partition coefficient (Wildman–Crippen LogP) is 4.82. The second-order valence-electron chi connectivity index (χ2n) is 16.9. The van der Waals surface area contributed by atoms with E-state index in [1.165, 1.54) is 0 Å². The molecule has 0 aromatic heterocycles. The molecular weight excluding hydrogens is 718 g/mol. The zero-order valence-electron chi connectivity index (χ0n) is 34.7. The topological polar surface area (TPSA) is 188 Å². The quantitative estimate of drug-likeness (QED) is 0.227. The van der Waals surface area contributed by atoms with E-state index in [0.717, 1.165) is 10.5 Å². The van der Waals surface area contributed by atoms with Gasteiger partial charge in [-0.3, -0.25) is 19.2 Å². The van der Waals surface area contributed by atoms with Gasteiger partial charge >= 0.3 is 5.97 Å². The third-order valence-electron chi connectivity index (χ3n) is 12.0. The third kappa shape index (κ3) is 12.1. The summed E-state index contributed by atoms with van der Waals surface area (Å²) in [7, 11) is 0. The Hall–Kier alpha value is -3.29. The van der Waals surface area contributed by atoms with Crippen molar-refractivity contribution in [3.63, 3.8) is 0 Å². The number of rotatable bonds is 3. The fourth-order valence-electron chi connectivity index (χ4n) is 8.01. The summed E-state index contributed by atoms with van der Waals surface area (Å²) in [6.07, 6.45) is 11.1. The summed E-state index contributed by atoms with van der Waals surface area (Å²) in [5.74, 6) is -9.48. The van der Waals surface area contributed by atoms with Crippen molar-refractivity contribution in [1.29, 1.82) is 0 Å². The van der Waals surface area contributed by atoms with E-state index < -0.39 is 78.1 Å². The van der Waals surface area contributed by atoms with Gasteiger partial charge in [0.2, 0.25) is 5.79 Å². The highest BCUT2D eigenvalue weighted by atomic mass is 16.6. The highest BCUT2D eigenvalue weighted by molar-refractivity contribution is 6.39. The lowest BCUT2D eigenvalue weighted by Gasteiger charge is -2.42. The summed E-state index contributed by atoms with van der Waals surface area (Å²) < 4.78 is 11.9. The first-order valence-electron chi connectivity index (χ1n) is 20.5. The fourth-order valence-corrected chi connectivity index (χ4v) is 8.01. The van der Waals surface area contributed by atoms with Crippen LogP contribution in [0.5, 0.6) is 0 Å². The van der Waals surface area contributed by atoms with Gasteiger partial charge < -0.3 is 34.8 Å². The van der Waals surface area contributed by atoms with Crippen LogP contribution in [0.25, 0.3) is 0 Å². The number of hydrogen-bond acceptors (Lipinski definition) is 11. The van der Waals surface area contributed by atoms with Gasteiger partial charge in [0.05, 0.1) is 24.7 Å². The lowest BCUT2D eigenvalue weighted by molar-refractivity contribution is -0.265. The number of carbonyl (C=O) groups is 5. The first kappa shape index (κ1) is 47.1. The van der Waals surface area contributed by atoms with Gasteiger partial charge in [0.25, 0.3) is 11.7 Å². The molecule has 11 unspecified atom stereocenters. The Labute approximate surface area is 333 Å². The number of amides is 1. The molecule has 314 valence electrons. The van der Waals surface area contributed by atoms with Gasteiger partial charge in [-0.2, -0.15) is 0 Å². The maximum atomic E-state index is 13.9. The molecule has 2 saturated heterocycles. The van der Waals surface area contributed by atoms with Crippen molar-refractivity contribution >= 4 is 29.2 Å². The first-order chi connectivity index (χ1) is 26.4. The molecule has 0 aromatic carbocycles. The molecule has 3 heterocycles. The number of ketones is 3. The molecule has 11 atom stereocenters. The molecule has 0 aliphatic carbocycles. The van der Waals surface area contributed by atoms with E-state index in [4.69, 9.17) is 9.47 Å². The Kier molecular flexibility index (Phi) is 18.0. The average molecular weight is 786 g/mol. The number of hydrogen-bond donors (Lipinski definition) is 4. The molecule has 3 aliphatic rings. The lowest BCUT2D eigenvalue weighted by Crippen LogP contribution is -2.60. The zero-order chi connectivity index (χ0) is 41.9. The zero-order valence-corrected chi connectivity index (χ0v) is 34.7. The Morgan fingerprint density at radius 2 is 1.61 bits per heavy atom. The molecule has 0 saturated carbocycles. The number of allylic oxidation sites excluding steroid dienone is 6. The van der Waals surface area contributed by atoms with Crippen molar-refractivity contribution in [1.82, 2.24) is 4.90 Å². The van der Waals surface area contributed by atoms with Crippen LogP contribution in [-0.4, -0.2) is 104 Å². The number of ether oxygens (including phenoxy) is 2. The van der Waals surface area contributed by atoms with Crippen molar-refractivity contribution in [3.05, 3.63) is 47.6 Å². The maximum Gasteiger partial charge on any atom is 0.329 e. The third-order valence-corrected chi connectivity index (χ3v) is 12.0. The van der Waals surface area contributed by atoms with Gasteiger partial charge in [-0.25, -0.2) is 4.79 Å². The normalized spacial score (nSPS) is 36.8. The average Bonchev–Trinajstić information content (AvgIpc) is 3.16. The Morgan fingerprint density at radius 1 is 0.911 bits per heavy atom. The van der Waals surface area contributed by atoms with Crippen LogP contribution in [-0.2, 0) is 33.4 Å². The van der Waals surface area contributed by atoms with Gasteiger partial charge in [-0.15, -0.1) is 0 Å². The molecule has 12 nitrogen and oxygen atoms in total. The second kappa shape index (κ2) is 21.5. The molecule has 3 rings (SSSR count).